The minimum absolute atomic E-state index is 0.322. The van der Waals surface area contributed by atoms with Crippen LogP contribution in [0.3, 0.4) is 0 Å². The Morgan fingerprint density at radius 3 is 1.90 bits per heavy atom. The fraction of sp³-hybridized carbons (Fsp3) is 0.143. The van der Waals surface area contributed by atoms with Gasteiger partial charge in [-0.1, -0.05) is 18.2 Å². The van der Waals surface area contributed by atoms with Gasteiger partial charge in [-0.2, -0.15) is 0 Å². The predicted octanol–water partition coefficient (Wildman–Crippen LogP) is 1.87. The average molecular weight is 158 g/mol. The molecule has 0 saturated carbocycles. The first-order valence-corrected chi connectivity index (χ1v) is 3.09. The van der Waals surface area contributed by atoms with Gasteiger partial charge in [0.05, 0.1) is 0 Å². The summed E-state index contributed by atoms with van der Waals surface area (Å²) in [6.07, 6.45) is 0. The molecule has 0 unspecified atom stereocenters. The van der Waals surface area contributed by atoms with Crippen LogP contribution >= 0.6 is 12.9 Å². The van der Waals surface area contributed by atoms with E-state index in [9.17, 15) is 0 Å². The summed E-state index contributed by atoms with van der Waals surface area (Å²) in [4.78, 5) is 0. The van der Waals surface area contributed by atoms with E-state index in [-0.39, 0.29) is 0 Å². The number of hydrogen-bond donors (Lipinski definition) is 2. The van der Waals surface area contributed by atoms with Gasteiger partial charge in [0.1, 0.15) is 5.75 Å². The van der Waals surface area contributed by atoms with Gasteiger partial charge in [-0.05, 0) is 25.0 Å². The maximum Gasteiger partial charge on any atom is 0.115 e. The molecule has 0 radical (unpaired) electrons. The fourth-order valence-corrected chi connectivity index (χ4v) is 0.428. The quantitative estimate of drug-likeness (QED) is 0.446. The summed E-state index contributed by atoms with van der Waals surface area (Å²) < 4.78 is 3.94. The van der Waals surface area contributed by atoms with Crippen LogP contribution in [-0.2, 0) is 4.18 Å². The van der Waals surface area contributed by atoms with Crippen LogP contribution in [0.5, 0.6) is 5.75 Å². The van der Waals surface area contributed by atoms with Gasteiger partial charge in [-0.25, -0.2) is 0 Å². The van der Waals surface area contributed by atoms with Crippen molar-refractivity contribution in [2.24, 2.45) is 0 Å². The van der Waals surface area contributed by atoms with Crippen molar-refractivity contribution in [2.45, 2.75) is 0 Å². The number of benzene rings is 1. The van der Waals surface area contributed by atoms with Crippen LogP contribution in [-0.4, -0.2) is 12.2 Å². The van der Waals surface area contributed by atoms with Gasteiger partial charge in [-0.3, -0.25) is 0 Å². The smallest absolute Gasteiger partial charge is 0.115 e. The molecule has 1 aromatic rings. The molecule has 0 saturated heterocycles. The number of hydrogen-bond acceptors (Lipinski definition) is 3. The number of aromatic hydroxyl groups is 1. The Bertz CT molecular complexity index is 153. The summed E-state index contributed by atoms with van der Waals surface area (Å²) in [7, 11) is 1.49. The number of phenolic OH excluding ortho intramolecular Hbond substituents is 1. The molecule has 1 N–H and O–H groups in total. The zero-order valence-corrected chi connectivity index (χ0v) is 6.58. The van der Waals surface area contributed by atoms with E-state index in [0.29, 0.717) is 5.75 Å². The SMILES string of the molecule is COS.Oc1ccccc1. The molecule has 0 aliphatic carbocycles. The van der Waals surface area contributed by atoms with Crippen LogP contribution in [0.4, 0.5) is 0 Å². The summed E-state index contributed by atoms with van der Waals surface area (Å²) in [5.74, 6) is 0.322. The largest absolute Gasteiger partial charge is 0.508 e. The molecule has 0 amide bonds. The van der Waals surface area contributed by atoms with Crippen molar-refractivity contribution in [1.82, 2.24) is 0 Å². The molecule has 0 aliphatic rings. The van der Waals surface area contributed by atoms with Crippen molar-refractivity contribution in [3.63, 3.8) is 0 Å². The van der Waals surface area contributed by atoms with E-state index < -0.39 is 0 Å². The molecule has 56 valence electrons. The first-order valence-electron chi connectivity index (χ1n) is 2.73. The second-order valence-electron chi connectivity index (χ2n) is 1.52. The predicted molar refractivity (Wildman–Crippen MR) is 44.1 cm³/mol. The molecule has 0 heterocycles. The number of para-hydroxylation sites is 1. The van der Waals surface area contributed by atoms with Crippen molar-refractivity contribution in [1.29, 1.82) is 0 Å². The normalized spacial score (nSPS) is 7.80. The average Bonchev–Trinajstić information content (AvgIpc) is 1.91. The Labute approximate surface area is 66.1 Å². The lowest BCUT2D eigenvalue weighted by Gasteiger charge is -1.82. The maximum absolute atomic E-state index is 8.63. The van der Waals surface area contributed by atoms with E-state index in [4.69, 9.17) is 5.11 Å². The van der Waals surface area contributed by atoms with E-state index in [2.05, 4.69) is 17.1 Å². The summed E-state index contributed by atoms with van der Waals surface area (Å²) in [5.41, 5.74) is 0. The monoisotopic (exact) mass is 158 g/mol. The molecule has 0 spiro atoms. The Hall–Kier alpha value is -0.670. The molecular weight excluding hydrogens is 148 g/mol. The molecule has 1 rings (SSSR count). The summed E-state index contributed by atoms with van der Waals surface area (Å²) in [6, 6.07) is 8.71. The molecule has 0 fully saturated rings. The van der Waals surface area contributed by atoms with Crippen LogP contribution in [0.1, 0.15) is 0 Å². The molecule has 1 aromatic carbocycles. The third-order valence-corrected chi connectivity index (χ3v) is 0.756. The van der Waals surface area contributed by atoms with Crippen molar-refractivity contribution in [3.05, 3.63) is 30.3 Å². The van der Waals surface area contributed by atoms with Crippen molar-refractivity contribution >= 4 is 12.9 Å². The van der Waals surface area contributed by atoms with Gasteiger partial charge in [0.15, 0.2) is 0 Å². The van der Waals surface area contributed by atoms with Crippen LogP contribution in [0.2, 0.25) is 0 Å². The highest BCUT2D eigenvalue weighted by atomic mass is 32.1. The lowest BCUT2D eigenvalue weighted by Crippen LogP contribution is -1.56. The Balaban J connectivity index is 0.000000236. The lowest BCUT2D eigenvalue weighted by atomic mass is 10.3. The van der Waals surface area contributed by atoms with Crippen LogP contribution in [0.25, 0.3) is 0 Å². The third-order valence-electron chi connectivity index (χ3n) is 0.756. The molecule has 10 heavy (non-hydrogen) atoms. The molecule has 0 aromatic heterocycles. The van der Waals surface area contributed by atoms with Gasteiger partial charge in [0.2, 0.25) is 0 Å². The zero-order chi connectivity index (χ0) is 7.82. The van der Waals surface area contributed by atoms with Gasteiger partial charge >= 0.3 is 0 Å². The summed E-state index contributed by atoms with van der Waals surface area (Å²) in [5, 5.41) is 8.63. The minimum atomic E-state index is 0.322. The summed E-state index contributed by atoms with van der Waals surface area (Å²) in [6.45, 7) is 0. The van der Waals surface area contributed by atoms with E-state index >= 15 is 0 Å². The second-order valence-corrected chi connectivity index (χ2v) is 1.88. The van der Waals surface area contributed by atoms with Crippen molar-refractivity contribution in [3.8, 4) is 5.75 Å². The molecule has 0 atom stereocenters. The first-order chi connectivity index (χ1) is 4.81. The Morgan fingerprint density at radius 1 is 1.30 bits per heavy atom. The Morgan fingerprint density at radius 2 is 1.70 bits per heavy atom. The van der Waals surface area contributed by atoms with E-state index in [1.165, 1.54) is 7.11 Å². The van der Waals surface area contributed by atoms with Crippen molar-refractivity contribution < 1.29 is 9.29 Å². The molecule has 0 aliphatic heterocycles. The van der Waals surface area contributed by atoms with E-state index in [1.807, 2.05) is 6.07 Å². The highest BCUT2D eigenvalue weighted by Crippen LogP contribution is 2.02. The van der Waals surface area contributed by atoms with Gasteiger partial charge in [0.25, 0.3) is 0 Å². The van der Waals surface area contributed by atoms with E-state index in [0.717, 1.165) is 0 Å². The Kier molecular flexibility index (Phi) is 6.02. The second kappa shape index (κ2) is 6.45. The topological polar surface area (TPSA) is 29.5 Å². The van der Waals surface area contributed by atoms with Gasteiger partial charge < -0.3 is 9.29 Å². The number of thiol groups is 1. The molecular formula is C7H10O2S. The van der Waals surface area contributed by atoms with E-state index in [1.54, 1.807) is 24.3 Å². The molecule has 0 bridgehead atoms. The fourth-order valence-electron chi connectivity index (χ4n) is 0.428. The molecule has 2 nitrogen and oxygen atoms in total. The zero-order valence-electron chi connectivity index (χ0n) is 5.69. The van der Waals surface area contributed by atoms with Gasteiger partial charge in [-0.15, -0.1) is 0 Å². The molecule has 3 heteroatoms. The standard InChI is InChI=1S/C6H6O.CH4OS/c7-6-4-2-1-3-5-6;1-2-3/h1-5,7H;3H,1H3. The summed E-state index contributed by atoms with van der Waals surface area (Å²) >= 11 is 3.29. The van der Waals surface area contributed by atoms with Crippen LogP contribution < -0.4 is 0 Å². The van der Waals surface area contributed by atoms with Crippen LogP contribution in [0.15, 0.2) is 30.3 Å². The highest BCUT2D eigenvalue weighted by molar-refractivity contribution is 7.75. The highest BCUT2D eigenvalue weighted by Gasteiger charge is 1.74. The minimum Gasteiger partial charge on any atom is -0.508 e. The maximum atomic E-state index is 8.63. The number of phenols is 1. The van der Waals surface area contributed by atoms with Crippen molar-refractivity contribution in [2.75, 3.05) is 7.11 Å². The lowest BCUT2D eigenvalue weighted by molar-refractivity contribution is 0.475. The van der Waals surface area contributed by atoms with Gasteiger partial charge in [0, 0.05) is 7.11 Å². The number of rotatable bonds is 0. The first kappa shape index (κ1) is 9.33. The van der Waals surface area contributed by atoms with Crippen LogP contribution in [0, 0.1) is 0 Å². The third kappa shape index (κ3) is 5.47.